The van der Waals surface area contributed by atoms with E-state index >= 15 is 0 Å². The van der Waals surface area contributed by atoms with E-state index in [0.29, 0.717) is 0 Å². The fraction of sp³-hybridized carbons (Fsp3) is 0.917. The topological polar surface area (TPSA) is 44.8 Å². The number of likely N-dealkylation sites (N-methyl/N-ethyl adjacent to an activating group) is 1. The zero-order chi connectivity index (χ0) is 12.9. The Bertz CT molecular complexity index is 245. The van der Waals surface area contributed by atoms with Gasteiger partial charge >= 0.3 is 6.09 Å². The van der Waals surface area contributed by atoms with Gasteiger partial charge in [-0.15, -0.1) is 0 Å². The first-order chi connectivity index (χ1) is 7.88. The highest BCUT2D eigenvalue weighted by Gasteiger charge is 2.20. The van der Waals surface area contributed by atoms with Gasteiger partial charge in [0.1, 0.15) is 5.60 Å². The number of piperazine rings is 1. The third-order valence-corrected chi connectivity index (χ3v) is 2.67. The number of hydrogen-bond donors (Lipinski definition) is 1. The van der Waals surface area contributed by atoms with Crippen molar-refractivity contribution in [3.05, 3.63) is 0 Å². The predicted molar refractivity (Wildman–Crippen MR) is 68.2 cm³/mol. The van der Waals surface area contributed by atoms with Gasteiger partial charge in [0.25, 0.3) is 0 Å². The lowest BCUT2D eigenvalue weighted by Gasteiger charge is -2.30. The van der Waals surface area contributed by atoms with Crippen molar-refractivity contribution in [3.63, 3.8) is 0 Å². The number of carbonyl (C=O) groups excluding carboxylic acids is 1. The molecule has 0 aromatic carbocycles. The molecular formula is C12H25N3O2. The van der Waals surface area contributed by atoms with E-state index in [4.69, 9.17) is 4.74 Å². The molecule has 1 fully saturated rings. The van der Waals surface area contributed by atoms with Crippen molar-refractivity contribution in [2.45, 2.75) is 26.4 Å². The van der Waals surface area contributed by atoms with Gasteiger partial charge in [-0.3, -0.25) is 4.90 Å². The van der Waals surface area contributed by atoms with Gasteiger partial charge in [-0.05, 0) is 20.8 Å². The zero-order valence-electron chi connectivity index (χ0n) is 11.5. The highest BCUT2D eigenvalue weighted by molar-refractivity contribution is 5.67. The summed E-state index contributed by atoms with van der Waals surface area (Å²) in [5.74, 6) is 0. The average Bonchev–Trinajstić information content (AvgIpc) is 2.25. The minimum Gasteiger partial charge on any atom is -0.444 e. The molecule has 0 aromatic rings. The van der Waals surface area contributed by atoms with Gasteiger partial charge in [-0.2, -0.15) is 0 Å². The van der Waals surface area contributed by atoms with Crippen LogP contribution in [0.2, 0.25) is 0 Å². The van der Waals surface area contributed by atoms with Crippen molar-refractivity contribution in [1.82, 2.24) is 15.1 Å². The molecule has 0 saturated carbocycles. The second-order valence-corrected chi connectivity index (χ2v) is 5.49. The monoisotopic (exact) mass is 243 g/mol. The molecule has 1 rings (SSSR count). The Balaban J connectivity index is 2.23. The second-order valence-electron chi connectivity index (χ2n) is 5.49. The van der Waals surface area contributed by atoms with Gasteiger partial charge in [-0.1, -0.05) is 0 Å². The summed E-state index contributed by atoms with van der Waals surface area (Å²) >= 11 is 0. The molecule has 0 bridgehead atoms. The number of ether oxygens (including phenoxy) is 1. The number of rotatable bonds is 3. The molecule has 1 N–H and O–H groups in total. The molecule has 0 unspecified atom stereocenters. The van der Waals surface area contributed by atoms with Gasteiger partial charge in [0.05, 0.1) is 0 Å². The minimum absolute atomic E-state index is 0.243. The summed E-state index contributed by atoms with van der Waals surface area (Å²) in [6.07, 6.45) is -0.243. The van der Waals surface area contributed by atoms with E-state index in [0.717, 1.165) is 39.3 Å². The van der Waals surface area contributed by atoms with Crippen molar-refractivity contribution in [3.8, 4) is 0 Å². The first-order valence-corrected chi connectivity index (χ1v) is 6.26. The Morgan fingerprint density at radius 1 is 1.35 bits per heavy atom. The SMILES string of the molecule is CN(CCN1CCNCC1)C(=O)OC(C)(C)C. The van der Waals surface area contributed by atoms with Crippen LogP contribution >= 0.6 is 0 Å². The van der Waals surface area contributed by atoms with Gasteiger partial charge in [0.15, 0.2) is 0 Å². The molecule has 0 aromatic heterocycles. The molecule has 1 aliphatic heterocycles. The molecule has 5 nitrogen and oxygen atoms in total. The normalized spacial score (nSPS) is 17.9. The zero-order valence-corrected chi connectivity index (χ0v) is 11.5. The standard InChI is InChI=1S/C12H25N3O2/c1-12(2,3)17-11(16)14(4)9-10-15-7-5-13-6-8-15/h13H,5-10H2,1-4H3. The van der Waals surface area contributed by atoms with E-state index < -0.39 is 5.60 Å². The van der Waals surface area contributed by atoms with E-state index in [9.17, 15) is 4.79 Å². The summed E-state index contributed by atoms with van der Waals surface area (Å²) in [5.41, 5.74) is -0.416. The Kier molecular flexibility index (Phi) is 5.21. The van der Waals surface area contributed by atoms with Crippen LogP contribution in [0.25, 0.3) is 0 Å². The smallest absolute Gasteiger partial charge is 0.410 e. The van der Waals surface area contributed by atoms with Crippen molar-refractivity contribution in [2.75, 3.05) is 46.3 Å². The van der Waals surface area contributed by atoms with Crippen LogP contribution in [0.15, 0.2) is 0 Å². The summed E-state index contributed by atoms with van der Waals surface area (Å²) in [5, 5.41) is 3.31. The number of amides is 1. The maximum absolute atomic E-state index is 11.7. The van der Waals surface area contributed by atoms with Crippen LogP contribution in [0.3, 0.4) is 0 Å². The van der Waals surface area contributed by atoms with Crippen LogP contribution in [0, 0.1) is 0 Å². The van der Waals surface area contributed by atoms with E-state index in [1.54, 1.807) is 11.9 Å². The largest absolute Gasteiger partial charge is 0.444 e. The first kappa shape index (κ1) is 14.3. The maximum atomic E-state index is 11.7. The van der Waals surface area contributed by atoms with Crippen molar-refractivity contribution < 1.29 is 9.53 Å². The number of nitrogens with one attached hydrogen (secondary N) is 1. The summed E-state index contributed by atoms with van der Waals surface area (Å²) in [6.45, 7) is 11.5. The Morgan fingerprint density at radius 3 is 2.47 bits per heavy atom. The van der Waals surface area contributed by atoms with Gasteiger partial charge < -0.3 is 15.0 Å². The van der Waals surface area contributed by atoms with E-state index in [-0.39, 0.29) is 6.09 Å². The van der Waals surface area contributed by atoms with Crippen molar-refractivity contribution in [1.29, 1.82) is 0 Å². The molecule has 100 valence electrons. The quantitative estimate of drug-likeness (QED) is 0.795. The van der Waals surface area contributed by atoms with Crippen LogP contribution in [0.4, 0.5) is 4.79 Å². The maximum Gasteiger partial charge on any atom is 0.410 e. The van der Waals surface area contributed by atoms with Crippen LogP contribution in [-0.4, -0.2) is 67.8 Å². The van der Waals surface area contributed by atoms with Crippen LogP contribution in [-0.2, 0) is 4.74 Å². The molecule has 17 heavy (non-hydrogen) atoms. The molecule has 0 spiro atoms. The molecule has 5 heteroatoms. The highest BCUT2D eigenvalue weighted by Crippen LogP contribution is 2.08. The summed E-state index contributed by atoms with van der Waals surface area (Å²) in [7, 11) is 1.79. The Morgan fingerprint density at radius 2 is 1.94 bits per heavy atom. The van der Waals surface area contributed by atoms with Crippen LogP contribution in [0.1, 0.15) is 20.8 Å². The third-order valence-electron chi connectivity index (χ3n) is 2.67. The van der Waals surface area contributed by atoms with Gasteiger partial charge in [0.2, 0.25) is 0 Å². The molecule has 1 amide bonds. The molecule has 1 aliphatic rings. The minimum atomic E-state index is -0.416. The Labute approximate surface area is 104 Å². The fourth-order valence-electron chi connectivity index (χ4n) is 1.66. The van der Waals surface area contributed by atoms with E-state index in [1.807, 2.05) is 20.8 Å². The van der Waals surface area contributed by atoms with Crippen molar-refractivity contribution in [2.24, 2.45) is 0 Å². The van der Waals surface area contributed by atoms with Gasteiger partial charge in [0, 0.05) is 46.3 Å². The molecule has 0 atom stereocenters. The highest BCUT2D eigenvalue weighted by atomic mass is 16.6. The molecule has 1 saturated heterocycles. The number of nitrogens with zero attached hydrogens (tertiary/aromatic N) is 2. The molecule has 1 heterocycles. The second kappa shape index (κ2) is 6.21. The number of hydrogen-bond acceptors (Lipinski definition) is 4. The van der Waals surface area contributed by atoms with Crippen LogP contribution < -0.4 is 5.32 Å². The van der Waals surface area contributed by atoms with Crippen LogP contribution in [0.5, 0.6) is 0 Å². The van der Waals surface area contributed by atoms with E-state index in [2.05, 4.69) is 10.2 Å². The average molecular weight is 243 g/mol. The summed E-state index contributed by atoms with van der Waals surface area (Å²) < 4.78 is 5.30. The molecular weight excluding hydrogens is 218 g/mol. The first-order valence-electron chi connectivity index (χ1n) is 6.26. The molecule has 0 aliphatic carbocycles. The third kappa shape index (κ3) is 5.89. The van der Waals surface area contributed by atoms with Crippen molar-refractivity contribution >= 4 is 6.09 Å². The Hall–Kier alpha value is -0.810. The van der Waals surface area contributed by atoms with Gasteiger partial charge in [-0.25, -0.2) is 4.79 Å². The number of carbonyl (C=O) groups is 1. The van der Waals surface area contributed by atoms with E-state index in [1.165, 1.54) is 0 Å². The predicted octanol–water partition coefficient (Wildman–Crippen LogP) is 0.758. The lowest BCUT2D eigenvalue weighted by molar-refractivity contribution is 0.0281. The molecule has 0 radical (unpaired) electrons. The summed E-state index contributed by atoms with van der Waals surface area (Å²) in [4.78, 5) is 15.7. The fourth-order valence-corrected chi connectivity index (χ4v) is 1.66. The summed E-state index contributed by atoms with van der Waals surface area (Å²) in [6, 6.07) is 0. The lowest BCUT2D eigenvalue weighted by atomic mass is 10.2. The lowest BCUT2D eigenvalue weighted by Crippen LogP contribution is -2.46.